The molecular weight excluding hydrogens is 284 g/mol. The predicted octanol–water partition coefficient (Wildman–Crippen LogP) is 0.436. The second kappa shape index (κ2) is 7.91. The van der Waals surface area contributed by atoms with Crippen molar-refractivity contribution in [2.24, 2.45) is 0 Å². The molecule has 1 aliphatic rings. The van der Waals surface area contributed by atoms with Gasteiger partial charge >= 0.3 is 5.97 Å². The second-order valence-electron chi connectivity index (χ2n) is 5.24. The summed E-state index contributed by atoms with van der Waals surface area (Å²) in [6.07, 6.45) is -0.193. The normalized spacial score (nSPS) is 22.6. The summed E-state index contributed by atoms with van der Waals surface area (Å²) in [5.74, 6) is -1.06. The molecule has 0 aromatic heterocycles. The summed E-state index contributed by atoms with van der Waals surface area (Å²) >= 11 is 0. The number of hydrogen-bond acceptors (Lipinski definition) is 5. The van der Waals surface area contributed by atoms with Gasteiger partial charge in [-0.05, 0) is 12.5 Å². The van der Waals surface area contributed by atoms with Crippen molar-refractivity contribution in [3.05, 3.63) is 35.9 Å². The van der Waals surface area contributed by atoms with Crippen molar-refractivity contribution in [2.45, 2.75) is 25.0 Å². The highest BCUT2D eigenvalue weighted by molar-refractivity contribution is 5.84. The molecule has 0 radical (unpaired) electrons. The first-order chi connectivity index (χ1) is 10.6. The largest absolute Gasteiger partial charge is 0.468 e. The van der Waals surface area contributed by atoms with Crippen LogP contribution in [0.25, 0.3) is 0 Å². The van der Waals surface area contributed by atoms with E-state index in [0.29, 0.717) is 13.2 Å². The lowest BCUT2D eigenvalue weighted by Gasteiger charge is -2.29. The van der Waals surface area contributed by atoms with E-state index < -0.39 is 12.0 Å². The first kappa shape index (κ1) is 16.5. The summed E-state index contributed by atoms with van der Waals surface area (Å²) in [6, 6.07) is 8.87. The van der Waals surface area contributed by atoms with Crippen molar-refractivity contribution in [2.75, 3.05) is 26.8 Å². The van der Waals surface area contributed by atoms with E-state index in [1.165, 1.54) is 7.11 Å². The van der Waals surface area contributed by atoms with Crippen molar-refractivity contribution in [1.29, 1.82) is 0 Å². The van der Waals surface area contributed by atoms with Crippen molar-refractivity contribution in [3.8, 4) is 0 Å². The minimum absolute atomic E-state index is 0.169. The van der Waals surface area contributed by atoms with Gasteiger partial charge in [0.05, 0.1) is 25.7 Å². The minimum Gasteiger partial charge on any atom is -0.468 e. The third-order valence-electron chi connectivity index (χ3n) is 3.77. The highest BCUT2D eigenvalue weighted by Gasteiger charge is 2.29. The van der Waals surface area contributed by atoms with Crippen LogP contribution in [-0.4, -0.2) is 50.8 Å². The first-order valence-electron chi connectivity index (χ1n) is 7.39. The SMILES string of the molecule is COC(=O)C(CNC(=O)[C@H]1NCCO[C@@H]1C)c1ccccc1. The number of ether oxygens (including phenoxy) is 2. The van der Waals surface area contributed by atoms with Crippen LogP contribution in [0, 0.1) is 0 Å². The Morgan fingerprint density at radius 1 is 1.41 bits per heavy atom. The van der Waals surface area contributed by atoms with E-state index in [1.807, 2.05) is 37.3 Å². The number of benzene rings is 1. The molecule has 120 valence electrons. The van der Waals surface area contributed by atoms with Gasteiger partial charge in [0.25, 0.3) is 0 Å². The molecule has 1 saturated heterocycles. The molecular formula is C16H22N2O4. The monoisotopic (exact) mass is 306 g/mol. The van der Waals surface area contributed by atoms with Crippen LogP contribution in [0.3, 0.4) is 0 Å². The Morgan fingerprint density at radius 2 is 2.14 bits per heavy atom. The zero-order valence-electron chi connectivity index (χ0n) is 12.9. The highest BCUT2D eigenvalue weighted by Crippen LogP contribution is 2.16. The van der Waals surface area contributed by atoms with Crippen LogP contribution >= 0.6 is 0 Å². The molecule has 0 bridgehead atoms. The maximum atomic E-state index is 12.2. The Hall–Kier alpha value is -1.92. The molecule has 6 heteroatoms. The van der Waals surface area contributed by atoms with E-state index >= 15 is 0 Å². The van der Waals surface area contributed by atoms with E-state index in [1.54, 1.807) is 0 Å². The van der Waals surface area contributed by atoms with E-state index in [-0.39, 0.29) is 24.5 Å². The summed E-state index contributed by atoms with van der Waals surface area (Å²) in [6.45, 7) is 3.28. The summed E-state index contributed by atoms with van der Waals surface area (Å²) in [5, 5.41) is 5.94. The van der Waals surface area contributed by atoms with Crippen LogP contribution in [0.5, 0.6) is 0 Å². The summed E-state index contributed by atoms with van der Waals surface area (Å²) in [5.41, 5.74) is 0.815. The van der Waals surface area contributed by atoms with Gasteiger partial charge in [0, 0.05) is 13.1 Å². The zero-order valence-corrected chi connectivity index (χ0v) is 12.9. The van der Waals surface area contributed by atoms with Crippen molar-refractivity contribution in [3.63, 3.8) is 0 Å². The van der Waals surface area contributed by atoms with E-state index in [0.717, 1.165) is 5.56 Å². The lowest BCUT2D eigenvalue weighted by Crippen LogP contribution is -2.56. The molecule has 0 spiro atoms. The number of carbonyl (C=O) groups excluding carboxylic acids is 2. The number of nitrogens with one attached hydrogen (secondary N) is 2. The van der Waals surface area contributed by atoms with Crippen molar-refractivity contribution in [1.82, 2.24) is 10.6 Å². The Morgan fingerprint density at radius 3 is 2.77 bits per heavy atom. The smallest absolute Gasteiger partial charge is 0.314 e. The van der Waals surface area contributed by atoms with Gasteiger partial charge in [0.2, 0.25) is 5.91 Å². The van der Waals surface area contributed by atoms with E-state index in [4.69, 9.17) is 9.47 Å². The van der Waals surface area contributed by atoms with Crippen LogP contribution < -0.4 is 10.6 Å². The molecule has 1 unspecified atom stereocenters. The van der Waals surface area contributed by atoms with Crippen molar-refractivity contribution < 1.29 is 19.1 Å². The molecule has 1 aromatic carbocycles. The second-order valence-corrected chi connectivity index (χ2v) is 5.24. The molecule has 1 aliphatic heterocycles. The molecule has 2 N–H and O–H groups in total. The molecule has 1 heterocycles. The van der Waals surface area contributed by atoms with E-state index in [9.17, 15) is 9.59 Å². The Balaban J connectivity index is 1.99. The Bertz CT molecular complexity index is 506. The van der Waals surface area contributed by atoms with Gasteiger partial charge in [-0.3, -0.25) is 9.59 Å². The van der Waals surface area contributed by atoms with Crippen LogP contribution in [0.4, 0.5) is 0 Å². The average Bonchev–Trinajstić information content (AvgIpc) is 2.56. The zero-order chi connectivity index (χ0) is 15.9. The van der Waals surface area contributed by atoms with Crippen LogP contribution in [-0.2, 0) is 19.1 Å². The van der Waals surface area contributed by atoms with Crippen LogP contribution in [0.1, 0.15) is 18.4 Å². The number of methoxy groups -OCH3 is 1. The van der Waals surface area contributed by atoms with Gasteiger partial charge in [-0.15, -0.1) is 0 Å². The van der Waals surface area contributed by atoms with E-state index in [2.05, 4.69) is 10.6 Å². The third-order valence-corrected chi connectivity index (χ3v) is 3.77. The first-order valence-corrected chi connectivity index (χ1v) is 7.39. The number of morpholine rings is 1. The van der Waals surface area contributed by atoms with Gasteiger partial charge in [0.1, 0.15) is 6.04 Å². The molecule has 1 amide bonds. The molecule has 22 heavy (non-hydrogen) atoms. The Labute approximate surface area is 130 Å². The Kier molecular flexibility index (Phi) is 5.91. The fourth-order valence-electron chi connectivity index (χ4n) is 2.50. The molecule has 3 atom stereocenters. The van der Waals surface area contributed by atoms with Crippen LogP contribution in [0.15, 0.2) is 30.3 Å². The quantitative estimate of drug-likeness (QED) is 0.772. The average molecular weight is 306 g/mol. The standard InChI is InChI=1S/C16H22N2O4/c1-11-14(17-8-9-22-11)15(19)18-10-13(16(20)21-2)12-6-4-3-5-7-12/h3-7,11,13-14,17H,8-10H2,1-2H3,(H,18,19)/t11-,13?,14+/m1/s1. The van der Waals surface area contributed by atoms with Gasteiger partial charge < -0.3 is 20.1 Å². The summed E-state index contributed by atoms with van der Waals surface area (Å²) in [7, 11) is 1.35. The molecule has 2 rings (SSSR count). The summed E-state index contributed by atoms with van der Waals surface area (Å²) in [4.78, 5) is 24.2. The lowest BCUT2D eigenvalue weighted by atomic mass is 9.99. The number of hydrogen-bond donors (Lipinski definition) is 2. The van der Waals surface area contributed by atoms with Crippen LogP contribution in [0.2, 0.25) is 0 Å². The highest BCUT2D eigenvalue weighted by atomic mass is 16.5. The fourth-order valence-corrected chi connectivity index (χ4v) is 2.50. The van der Waals surface area contributed by atoms with Gasteiger partial charge in [-0.1, -0.05) is 30.3 Å². The number of amides is 1. The van der Waals surface area contributed by atoms with Gasteiger partial charge in [-0.25, -0.2) is 0 Å². The van der Waals surface area contributed by atoms with Crippen molar-refractivity contribution >= 4 is 11.9 Å². The minimum atomic E-state index is -0.519. The number of esters is 1. The molecule has 0 saturated carbocycles. The molecule has 1 aromatic rings. The molecule has 6 nitrogen and oxygen atoms in total. The topological polar surface area (TPSA) is 76.7 Å². The van der Waals surface area contributed by atoms with Gasteiger partial charge in [0.15, 0.2) is 0 Å². The number of rotatable bonds is 5. The third kappa shape index (κ3) is 4.05. The maximum Gasteiger partial charge on any atom is 0.314 e. The summed E-state index contributed by atoms with van der Waals surface area (Å²) < 4.78 is 10.3. The molecule has 0 aliphatic carbocycles. The number of carbonyl (C=O) groups is 2. The lowest BCUT2D eigenvalue weighted by molar-refractivity contribution is -0.142. The predicted molar refractivity (Wildman–Crippen MR) is 81.4 cm³/mol. The fraction of sp³-hybridized carbons (Fsp3) is 0.500. The molecule has 1 fully saturated rings. The maximum absolute atomic E-state index is 12.2. The van der Waals surface area contributed by atoms with Gasteiger partial charge in [-0.2, -0.15) is 0 Å².